The molecule has 2 heterocycles. The third-order valence-corrected chi connectivity index (χ3v) is 4.71. The molecule has 0 saturated heterocycles. The Hall–Kier alpha value is -3.68. The first-order chi connectivity index (χ1) is 14.2. The molecule has 0 fully saturated rings. The van der Waals surface area contributed by atoms with E-state index in [0.717, 1.165) is 22.2 Å². The van der Waals surface area contributed by atoms with Crippen LogP contribution in [0.15, 0.2) is 91.8 Å². The monoisotopic (exact) mass is 379 g/mol. The van der Waals surface area contributed by atoms with Gasteiger partial charge in [0.1, 0.15) is 5.69 Å². The Bertz CT molecular complexity index is 1190. The molecular weight excluding hydrogens is 358 g/mol. The maximum atomic E-state index is 6.07. The zero-order valence-corrected chi connectivity index (χ0v) is 16.2. The Morgan fingerprint density at radius 3 is 2.52 bits per heavy atom. The van der Waals surface area contributed by atoms with Gasteiger partial charge in [0.15, 0.2) is 5.60 Å². The Morgan fingerprint density at radius 2 is 1.76 bits per heavy atom. The van der Waals surface area contributed by atoms with Crippen LogP contribution in [0.5, 0.6) is 0 Å². The predicted molar refractivity (Wildman–Crippen MR) is 116 cm³/mol. The fourth-order valence-corrected chi connectivity index (χ4v) is 3.23. The number of hydrogen-bond acceptors (Lipinski definition) is 3. The summed E-state index contributed by atoms with van der Waals surface area (Å²) >= 11 is 0. The fraction of sp³-hybridized carbons (Fsp3) is 0.120. The van der Waals surface area contributed by atoms with Crippen LogP contribution in [-0.4, -0.2) is 21.1 Å². The second-order valence-electron chi connectivity index (χ2n) is 6.72. The molecule has 0 bridgehead atoms. The van der Waals surface area contributed by atoms with E-state index >= 15 is 0 Å². The van der Waals surface area contributed by atoms with E-state index in [1.54, 1.807) is 24.5 Å². The molecule has 1 atom stereocenters. The summed E-state index contributed by atoms with van der Waals surface area (Å²) in [5.41, 5.74) is 2.04. The molecule has 2 aromatic carbocycles. The summed E-state index contributed by atoms with van der Waals surface area (Å²) in [7, 11) is 0. The van der Waals surface area contributed by atoms with Gasteiger partial charge >= 0.3 is 0 Å². The van der Waals surface area contributed by atoms with Crippen LogP contribution in [0.4, 0.5) is 0 Å². The summed E-state index contributed by atoms with van der Waals surface area (Å²) in [5.74, 6) is 7.25. The zero-order chi connectivity index (χ0) is 20.1. The predicted octanol–water partition coefficient (Wildman–Crippen LogP) is 4.89. The van der Waals surface area contributed by atoms with E-state index in [9.17, 15) is 0 Å². The van der Waals surface area contributed by atoms with Gasteiger partial charge in [-0.3, -0.25) is 4.57 Å². The highest BCUT2D eigenvalue weighted by Crippen LogP contribution is 2.26. The molecule has 0 saturated carbocycles. The minimum absolute atomic E-state index is 0.408. The van der Waals surface area contributed by atoms with Gasteiger partial charge in [0.2, 0.25) is 5.95 Å². The number of para-hydroxylation sites is 1. The van der Waals surface area contributed by atoms with Crippen molar-refractivity contribution in [2.45, 2.75) is 12.5 Å². The zero-order valence-electron chi connectivity index (χ0n) is 16.2. The van der Waals surface area contributed by atoms with Crippen molar-refractivity contribution in [2.75, 3.05) is 6.61 Å². The van der Waals surface area contributed by atoms with E-state index in [0.29, 0.717) is 12.6 Å². The van der Waals surface area contributed by atoms with Crippen LogP contribution >= 0.6 is 0 Å². The van der Waals surface area contributed by atoms with Crippen molar-refractivity contribution in [3.05, 3.63) is 103 Å². The Morgan fingerprint density at radius 1 is 1.03 bits per heavy atom. The molecule has 4 heteroatoms. The number of fused-ring (bicyclic) bond motifs is 1. The van der Waals surface area contributed by atoms with Gasteiger partial charge in [-0.05, 0) is 36.6 Å². The molecule has 0 N–H and O–H groups in total. The number of benzene rings is 2. The second kappa shape index (κ2) is 8.14. The van der Waals surface area contributed by atoms with Crippen LogP contribution < -0.4 is 0 Å². The van der Waals surface area contributed by atoms with Crippen LogP contribution in [0.1, 0.15) is 18.2 Å². The van der Waals surface area contributed by atoms with Crippen LogP contribution in [0.25, 0.3) is 16.9 Å². The van der Waals surface area contributed by atoms with Crippen LogP contribution in [0.2, 0.25) is 0 Å². The number of nitrogens with zero attached hydrogens (tertiary/aromatic N) is 3. The van der Waals surface area contributed by atoms with Crippen LogP contribution in [0.3, 0.4) is 0 Å². The first kappa shape index (κ1) is 18.7. The van der Waals surface area contributed by atoms with Crippen molar-refractivity contribution in [1.82, 2.24) is 14.5 Å². The number of hydrogen-bond donors (Lipinski definition) is 0. The molecule has 0 aliphatic rings. The quantitative estimate of drug-likeness (QED) is 0.366. The molecule has 0 radical (unpaired) electrons. The lowest BCUT2D eigenvalue weighted by Crippen LogP contribution is -2.24. The van der Waals surface area contributed by atoms with E-state index in [4.69, 9.17) is 4.74 Å². The normalized spacial score (nSPS) is 12.7. The van der Waals surface area contributed by atoms with Crippen LogP contribution in [-0.2, 0) is 10.3 Å². The molecule has 4 nitrogen and oxygen atoms in total. The molecule has 0 aliphatic carbocycles. The third-order valence-electron chi connectivity index (χ3n) is 4.71. The Labute approximate surface area is 170 Å². The largest absolute Gasteiger partial charge is 0.354 e. The maximum absolute atomic E-state index is 6.07. The second-order valence-corrected chi connectivity index (χ2v) is 6.72. The average molecular weight is 379 g/mol. The van der Waals surface area contributed by atoms with E-state index in [2.05, 4.69) is 40.5 Å². The highest BCUT2D eigenvalue weighted by molar-refractivity contribution is 5.83. The van der Waals surface area contributed by atoms with Crippen LogP contribution in [0, 0.1) is 11.8 Å². The minimum Gasteiger partial charge on any atom is -0.354 e. The first-order valence-corrected chi connectivity index (χ1v) is 9.43. The standard InChI is InChI=1S/C25H21N3O/c1-3-18-29-25(2,21-11-5-4-6-12-21)15-14-22-19-20-10-7-8-13-23(20)28(22)24-26-16-9-17-27-24/h3-13,16-17,19H,1,18H2,2H3. The van der Waals surface area contributed by atoms with Crippen molar-refractivity contribution < 1.29 is 4.74 Å². The number of ether oxygens (including phenoxy) is 1. The molecule has 29 heavy (non-hydrogen) atoms. The topological polar surface area (TPSA) is 39.9 Å². The van der Waals surface area contributed by atoms with Gasteiger partial charge in [-0.2, -0.15) is 0 Å². The van der Waals surface area contributed by atoms with Gasteiger partial charge in [-0.15, -0.1) is 6.58 Å². The molecule has 0 spiro atoms. The highest BCUT2D eigenvalue weighted by Gasteiger charge is 2.24. The van der Waals surface area contributed by atoms with E-state index in [1.807, 2.05) is 60.0 Å². The number of rotatable bonds is 5. The van der Waals surface area contributed by atoms with Gasteiger partial charge in [-0.1, -0.05) is 60.5 Å². The Kier molecular flexibility index (Phi) is 5.24. The molecule has 2 aromatic heterocycles. The summed E-state index contributed by atoms with van der Waals surface area (Å²) in [6.07, 6.45) is 5.20. The number of aromatic nitrogens is 3. The van der Waals surface area contributed by atoms with Crippen molar-refractivity contribution in [3.63, 3.8) is 0 Å². The lowest BCUT2D eigenvalue weighted by molar-refractivity contribution is 0.0288. The molecular formula is C25H21N3O. The lowest BCUT2D eigenvalue weighted by atomic mass is 9.96. The third kappa shape index (κ3) is 3.82. The van der Waals surface area contributed by atoms with Gasteiger partial charge in [0, 0.05) is 17.8 Å². The lowest BCUT2D eigenvalue weighted by Gasteiger charge is -2.24. The van der Waals surface area contributed by atoms with Crippen molar-refractivity contribution >= 4 is 10.9 Å². The van der Waals surface area contributed by atoms with Gasteiger partial charge in [-0.25, -0.2) is 9.97 Å². The van der Waals surface area contributed by atoms with E-state index in [-0.39, 0.29) is 0 Å². The molecule has 142 valence electrons. The van der Waals surface area contributed by atoms with Gasteiger partial charge < -0.3 is 4.74 Å². The summed E-state index contributed by atoms with van der Waals surface area (Å²) in [5, 5.41) is 1.08. The average Bonchev–Trinajstić information content (AvgIpc) is 3.16. The molecule has 4 aromatic rings. The minimum atomic E-state index is -0.770. The van der Waals surface area contributed by atoms with Crippen molar-refractivity contribution in [1.29, 1.82) is 0 Å². The molecule has 0 aliphatic heterocycles. The summed E-state index contributed by atoms with van der Waals surface area (Å²) in [4.78, 5) is 8.85. The van der Waals surface area contributed by atoms with Crippen molar-refractivity contribution in [2.24, 2.45) is 0 Å². The Balaban J connectivity index is 1.86. The maximum Gasteiger partial charge on any atom is 0.235 e. The smallest absolute Gasteiger partial charge is 0.235 e. The van der Waals surface area contributed by atoms with Crippen molar-refractivity contribution in [3.8, 4) is 17.8 Å². The van der Waals surface area contributed by atoms with E-state index in [1.165, 1.54) is 0 Å². The highest BCUT2D eigenvalue weighted by atomic mass is 16.5. The fourth-order valence-electron chi connectivity index (χ4n) is 3.23. The summed E-state index contributed by atoms with van der Waals surface area (Å²) < 4.78 is 8.05. The SMILES string of the molecule is C=CCOC(C)(C#Cc1cc2ccccc2n1-c1ncccn1)c1ccccc1. The van der Waals surface area contributed by atoms with E-state index < -0.39 is 5.60 Å². The molecule has 1 unspecified atom stereocenters. The molecule has 0 amide bonds. The summed E-state index contributed by atoms with van der Waals surface area (Å²) in [6.45, 7) is 6.15. The summed E-state index contributed by atoms with van der Waals surface area (Å²) in [6, 6.07) is 22.0. The van der Waals surface area contributed by atoms with Gasteiger partial charge in [0.25, 0.3) is 0 Å². The first-order valence-electron chi connectivity index (χ1n) is 9.43. The molecule has 4 rings (SSSR count). The van der Waals surface area contributed by atoms with Gasteiger partial charge in [0.05, 0.1) is 12.1 Å².